The number of anilines is 1. The second-order valence-corrected chi connectivity index (χ2v) is 4.67. The Morgan fingerprint density at radius 2 is 2.06 bits per heavy atom. The van der Waals surface area contributed by atoms with Gasteiger partial charge in [0.15, 0.2) is 0 Å². The number of carbonyl (C=O) groups is 1. The Morgan fingerprint density at radius 1 is 1.35 bits per heavy atom. The van der Waals surface area contributed by atoms with Crippen LogP contribution in [-0.4, -0.2) is 12.1 Å². The Bertz CT molecular complexity index is 476. The molecule has 1 aliphatic rings. The fourth-order valence-electron chi connectivity index (χ4n) is 2.11. The topological polar surface area (TPSA) is 32.3 Å². The molecule has 1 atom stereocenters. The number of allylic oxidation sites excluding steroid dienone is 1. The van der Waals surface area contributed by atoms with Crippen LogP contribution < -0.4 is 10.2 Å². The highest BCUT2D eigenvalue weighted by Gasteiger charge is 2.27. The highest BCUT2D eigenvalue weighted by molar-refractivity contribution is 6.34. The van der Waals surface area contributed by atoms with Crippen molar-refractivity contribution in [3.05, 3.63) is 40.6 Å². The van der Waals surface area contributed by atoms with Crippen LogP contribution in [0.15, 0.2) is 30.0 Å². The predicted molar refractivity (Wildman–Crippen MR) is 70.0 cm³/mol. The summed E-state index contributed by atoms with van der Waals surface area (Å²) in [6.07, 6.45) is 1.49. The lowest BCUT2D eigenvalue weighted by Crippen LogP contribution is -2.50. The summed E-state index contributed by atoms with van der Waals surface area (Å²) in [5.41, 5.74) is 2.65. The van der Waals surface area contributed by atoms with E-state index in [1.165, 1.54) is 0 Å². The molecule has 0 unspecified atom stereocenters. The number of amides is 1. The number of nitrogens with zero attached hydrogens (tertiary/aromatic N) is 1. The SMILES string of the molecule is CC1=CC(=O)N(c2c(C)cccc2Cl)[C@@H](C)N1. The third-order valence-corrected chi connectivity index (χ3v) is 3.14. The van der Waals surface area contributed by atoms with Crippen molar-refractivity contribution < 1.29 is 4.79 Å². The van der Waals surface area contributed by atoms with E-state index >= 15 is 0 Å². The van der Waals surface area contributed by atoms with Gasteiger partial charge in [0.2, 0.25) is 0 Å². The lowest BCUT2D eigenvalue weighted by molar-refractivity contribution is -0.115. The van der Waals surface area contributed by atoms with E-state index in [-0.39, 0.29) is 12.1 Å². The molecule has 0 spiro atoms. The van der Waals surface area contributed by atoms with Crippen molar-refractivity contribution in [2.75, 3.05) is 4.90 Å². The number of para-hydroxylation sites is 1. The summed E-state index contributed by atoms with van der Waals surface area (Å²) >= 11 is 6.19. The summed E-state index contributed by atoms with van der Waals surface area (Å²) in [7, 11) is 0. The van der Waals surface area contributed by atoms with E-state index in [0.29, 0.717) is 5.02 Å². The molecule has 0 radical (unpaired) electrons. The molecule has 0 aromatic heterocycles. The van der Waals surface area contributed by atoms with E-state index in [4.69, 9.17) is 11.6 Å². The van der Waals surface area contributed by atoms with Crippen molar-refractivity contribution in [1.82, 2.24) is 5.32 Å². The van der Waals surface area contributed by atoms with Crippen LogP contribution in [0.5, 0.6) is 0 Å². The van der Waals surface area contributed by atoms with Gasteiger partial charge in [-0.2, -0.15) is 0 Å². The zero-order chi connectivity index (χ0) is 12.6. The summed E-state index contributed by atoms with van der Waals surface area (Å²) in [4.78, 5) is 13.8. The van der Waals surface area contributed by atoms with Crippen molar-refractivity contribution >= 4 is 23.2 Å². The average Bonchev–Trinajstić information content (AvgIpc) is 2.21. The molecule has 1 aromatic rings. The summed E-state index contributed by atoms with van der Waals surface area (Å²) in [5, 5.41) is 3.82. The van der Waals surface area contributed by atoms with Crippen molar-refractivity contribution in [3.8, 4) is 0 Å². The van der Waals surface area contributed by atoms with E-state index < -0.39 is 0 Å². The van der Waals surface area contributed by atoms with Gasteiger partial charge in [-0.05, 0) is 32.4 Å². The molecule has 0 aliphatic carbocycles. The first-order valence-corrected chi connectivity index (χ1v) is 5.91. The van der Waals surface area contributed by atoms with E-state index in [1.807, 2.05) is 32.9 Å². The van der Waals surface area contributed by atoms with Crippen LogP contribution in [0, 0.1) is 6.92 Å². The fourth-order valence-corrected chi connectivity index (χ4v) is 2.43. The van der Waals surface area contributed by atoms with Crippen molar-refractivity contribution in [3.63, 3.8) is 0 Å². The molecule has 0 saturated carbocycles. The number of aryl methyl sites for hydroxylation is 1. The largest absolute Gasteiger partial charge is 0.368 e. The van der Waals surface area contributed by atoms with Gasteiger partial charge in [0.25, 0.3) is 5.91 Å². The molecule has 4 heteroatoms. The molecular formula is C13H15ClN2O. The van der Waals surface area contributed by atoms with Gasteiger partial charge in [0.1, 0.15) is 6.17 Å². The van der Waals surface area contributed by atoms with Crippen LogP contribution in [0.2, 0.25) is 5.02 Å². The van der Waals surface area contributed by atoms with Gasteiger partial charge in [-0.3, -0.25) is 9.69 Å². The van der Waals surface area contributed by atoms with Crippen LogP contribution in [0.4, 0.5) is 5.69 Å². The van der Waals surface area contributed by atoms with Crippen LogP contribution in [-0.2, 0) is 4.79 Å². The molecule has 90 valence electrons. The Balaban J connectivity index is 2.50. The predicted octanol–water partition coefficient (Wildman–Crippen LogP) is 2.83. The van der Waals surface area contributed by atoms with Gasteiger partial charge >= 0.3 is 0 Å². The first-order chi connectivity index (χ1) is 8.00. The van der Waals surface area contributed by atoms with Gasteiger partial charge in [0, 0.05) is 11.8 Å². The molecule has 3 nitrogen and oxygen atoms in total. The van der Waals surface area contributed by atoms with Crippen molar-refractivity contribution in [2.24, 2.45) is 0 Å². The zero-order valence-electron chi connectivity index (χ0n) is 10.1. The third kappa shape index (κ3) is 2.15. The number of rotatable bonds is 1. The number of halogens is 1. The number of nitrogens with one attached hydrogen (secondary N) is 1. The molecule has 0 bridgehead atoms. The normalized spacial score (nSPS) is 20.0. The van der Waals surface area contributed by atoms with E-state index in [9.17, 15) is 4.79 Å². The first kappa shape index (κ1) is 12.0. The van der Waals surface area contributed by atoms with Crippen LogP contribution in [0.25, 0.3) is 0 Å². The molecule has 2 rings (SSSR count). The van der Waals surface area contributed by atoms with Crippen molar-refractivity contribution in [2.45, 2.75) is 26.9 Å². The Morgan fingerprint density at radius 3 is 2.65 bits per heavy atom. The minimum atomic E-state index is -0.0916. The summed E-state index contributed by atoms with van der Waals surface area (Å²) < 4.78 is 0. The average molecular weight is 251 g/mol. The zero-order valence-corrected chi connectivity index (χ0v) is 10.9. The van der Waals surface area contributed by atoms with Gasteiger partial charge in [0.05, 0.1) is 10.7 Å². The lowest BCUT2D eigenvalue weighted by Gasteiger charge is -2.35. The van der Waals surface area contributed by atoms with Crippen molar-refractivity contribution in [1.29, 1.82) is 0 Å². The number of hydrogen-bond donors (Lipinski definition) is 1. The number of carbonyl (C=O) groups excluding carboxylic acids is 1. The van der Waals surface area contributed by atoms with E-state index in [2.05, 4.69) is 5.32 Å². The number of hydrogen-bond acceptors (Lipinski definition) is 2. The summed E-state index contributed by atoms with van der Waals surface area (Å²) in [5.74, 6) is -0.0371. The minimum Gasteiger partial charge on any atom is -0.368 e. The molecular weight excluding hydrogens is 236 g/mol. The maximum absolute atomic E-state index is 12.1. The van der Waals surface area contributed by atoms with Crippen LogP contribution >= 0.6 is 11.6 Å². The maximum Gasteiger partial charge on any atom is 0.254 e. The van der Waals surface area contributed by atoms with Crippen LogP contribution in [0.1, 0.15) is 19.4 Å². The Hall–Kier alpha value is -1.48. The molecule has 1 amide bonds. The third-order valence-electron chi connectivity index (χ3n) is 2.83. The fraction of sp³-hybridized carbons (Fsp3) is 0.308. The Labute approximate surface area is 106 Å². The maximum atomic E-state index is 12.1. The highest BCUT2D eigenvalue weighted by atomic mass is 35.5. The monoisotopic (exact) mass is 250 g/mol. The molecule has 1 aliphatic heterocycles. The van der Waals surface area contributed by atoms with Gasteiger partial charge < -0.3 is 5.32 Å². The highest BCUT2D eigenvalue weighted by Crippen LogP contribution is 2.31. The van der Waals surface area contributed by atoms with Gasteiger partial charge in [-0.15, -0.1) is 0 Å². The van der Waals surface area contributed by atoms with Crippen LogP contribution in [0.3, 0.4) is 0 Å². The van der Waals surface area contributed by atoms with E-state index in [0.717, 1.165) is 16.9 Å². The molecule has 0 saturated heterocycles. The standard InChI is InChI=1S/C13H15ClN2O/c1-8-5-4-6-11(14)13(8)16-10(3)15-9(2)7-12(16)17/h4-7,10,15H,1-3H3/t10-/m0/s1. The second-order valence-electron chi connectivity index (χ2n) is 4.26. The van der Waals surface area contributed by atoms with E-state index in [1.54, 1.807) is 17.0 Å². The second kappa shape index (κ2) is 4.41. The van der Waals surface area contributed by atoms with Gasteiger partial charge in [-0.25, -0.2) is 0 Å². The van der Waals surface area contributed by atoms with Gasteiger partial charge in [-0.1, -0.05) is 23.7 Å². The summed E-state index contributed by atoms with van der Waals surface area (Å²) in [6, 6.07) is 5.64. The molecule has 17 heavy (non-hydrogen) atoms. The lowest BCUT2D eigenvalue weighted by atomic mass is 10.1. The molecule has 1 aromatic carbocycles. The smallest absolute Gasteiger partial charge is 0.254 e. The Kier molecular flexibility index (Phi) is 3.11. The quantitative estimate of drug-likeness (QED) is 0.831. The summed E-state index contributed by atoms with van der Waals surface area (Å²) in [6.45, 7) is 5.77. The molecule has 0 fully saturated rings. The molecule has 1 heterocycles. The molecule has 1 N–H and O–H groups in total. The number of benzene rings is 1. The minimum absolute atomic E-state index is 0.0371. The first-order valence-electron chi connectivity index (χ1n) is 5.54.